The SMILES string of the molecule is CC(C)C(=O)NCCCc1cc(-c2n[nH][nH]2)ccc1C#Cc1ccc(O)cc1C(F)(F)F. The maximum atomic E-state index is 13.3. The number of alkyl halides is 3. The molecule has 0 aliphatic rings. The van der Waals surface area contributed by atoms with Gasteiger partial charge in [0.25, 0.3) is 0 Å². The molecular weight excluding hydrogens is 421 g/mol. The van der Waals surface area contributed by atoms with E-state index in [2.05, 4.69) is 32.6 Å². The molecule has 0 saturated heterocycles. The molecule has 1 aromatic heterocycles. The van der Waals surface area contributed by atoms with E-state index in [1.165, 1.54) is 6.07 Å². The number of carbonyl (C=O) groups excluding carboxylic acids is 1. The summed E-state index contributed by atoms with van der Waals surface area (Å²) in [6, 6.07) is 8.39. The number of nitrogens with zero attached hydrogens (tertiary/aromatic N) is 1. The van der Waals surface area contributed by atoms with Crippen LogP contribution in [-0.2, 0) is 17.4 Å². The summed E-state index contributed by atoms with van der Waals surface area (Å²) >= 11 is 0. The van der Waals surface area contributed by atoms with E-state index in [9.17, 15) is 23.1 Å². The van der Waals surface area contributed by atoms with Gasteiger partial charge < -0.3 is 10.4 Å². The Kier molecular flexibility index (Phi) is 6.93. The number of halogens is 3. The van der Waals surface area contributed by atoms with Crippen LogP contribution in [0.1, 0.15) is 42.5 Å². The monoisotopic (exact) mass is 444 g/mol. The highest BCUT2D eigenvalue weighted by molar-refractivity contribution is 5.77. The van der Waals surface area contributed by atoms with Gasteiger partial charge in [-0.05, 0) is 54.8 Å². The summed E-state index contributed by atoms with van der Waals surface area (Å²) in [5.41, 5.74) is 1.02. The average molecular weight is 444 g/mol. The Morgan fingerprint density at radius 1 is 1.16 bits per heavy atom. The van der Waals surface area contributed by atoms with Gasteiger partial charge in [0.1, 0.15) is 5.75 Å². The second kappa shape index (κ2) is 9.64. The molecule has 3 aromatic rings. The van der Waals surface area contributed by atoms with Gasteiger partial charge in [-0.1, -0.05) is 25.7 Å². The van der Waals surface area contributed by atoms with Crippen LogP contribution >= 0.6 is 0 Å². The molecule has 0 fully saturated rings. The van der Waals surface area contributed by atoms with Crippen molar-refractivity contribution in [2.24, 2.45) is 5.92 Å². The highest BCUT2D eigenvalue weighted by Crippen LogP contribution is 2.34. The highest BCUT2D eigenvalue weighted by Gasteiger charge is 2.33. The fraction of sp³-hybridized carbons (Fsp3) is 0.304. The summed E-state index contributed by atoms with van der Waals surface area (Å²) in [6.07, 6.45) is -3.43. The van der Waals surface area contributed by atoms with E-state index >= 15 is 0 Å². The van der Waals surface area contributed by atoms with Crippen molar-refractivity contribution in [2.45, 2.75) is 32.9 Å². The van der Waals surface area contributed by atoms with Crippen LogP contribution in [0, 0.1) is 17.8 Å². The van der Waals surface area contributed by atoms with Gasteiger partial charge in [-0.15, -0.1) is 5.10 Å². The van der Waals surface area contributed by atoms with E-state index in [0.29, 0.717) is 36.8 Å². The molecule has 0 bridgehead atoms. The number of rotatable bonds is 6. The number of aromatic nitrogens is 3. The van der Waals surface area contributed by atoms with Crippen molar-refractivity contribution in [3.05, 3.63) is 58.7 Å². The lowest BCUT2D eigenvalue weighted by molar-refractivity contribution is -0.137. The van der Waals surface area contributed by atoms with E-state index in [1.54, 1.807) is 12.1 Å². The first-order valence-corrected chi connectivity index (χ1v) is 10.1. The summed E-state index contributed by atoms with van der Waals surface area (Å²) in [5.74, 6) is 5.46. The zero-order valence-corrected chi connectivity index (χ0v) is 17.6. The van der Waals surface area contributed by atoms with Gasteiger partial charge in [-0.3, -0.25) is 9.89 Å². The van der Waals surface area contributed by atoms with Crippen molar-refractivity contribution in [3.8, 4) is 29.0 Å². The van der Waals surface area contributed by atoms with Gasteiger partial charge in [0, 0.05) is 29.2 Å². The first-order valence-electron chi connectivity index (χ1n) is 10.1. The minimum absolute atomic E-state index is 0.0372. The number of aryl methyl sites for hydroxylation is 1. The van der Waals surface area contributed by atoms with E-state index < -0.39 is 17.5 Å². The van der Waals surface area contributed by atoms with Crippen LogP contribution < -0.4 is 5.32 Å². The summed E-state index contributed by atoms with van der Waals surface area (Å²) in [7, 11) is 0. The van der Waals surface area contributed by atoms with Crippen LogP contribution in [-0.4, -0.2) is 33.0 Å². The molecular formula is C23H23F3N4O2. The standard InChI is InChI=1S/C23H23F3N4O2/c1-14(2)22(32)27-11-3-4-17-12-18(21-28-30-29-21)8-6-15(17)5-7-16-9-10-19(31)13-20(16)23(24,25)26/h6,8-10,12-14,30-31H,3-4,11H2,1-2H3,(H,27,32)(H,28,29). The smallest absolute Gasteiger partial charge is 0.417 e. The van der Waals surface area contributed by atoms with Crippen LogP contribution in [0.4, 0.5) is 13.2 Å². The van der Waals surface area contributed by atoms with E-state index in [-0.39, 0.29) is 17.4 Å². The second-order valence-corrected chi connectivity index (χ2v) is 7.60. The number of phenolic OH excluding ortho intramolecular Hbond substituents is 1. The molecule has 0 radical (unpaired) electrons. The topological polar surface area (TPSA) is 93.8 Å². The molecule has 1 amide bonds. The minimum atomic E-state index is -4.63. The minimum Gasteiger partial charge on any atom is -0.508 e. The maximum Gasteiger partial charge on any atom is 0.417 e. The second-order valence-electron chi connectivity index (χ2n) is 7.60. The third-order valence-corrected chi connectivity index (χ3v) is 4.81. The van der Waals surface area contributed by atoms with Crippen LogP contribution in [0.25, 0.3) is 11.4 Å². The molecule has 6 nitrogen and oxygen atoms in total. The maximum absolute atomic E-state index is 13.3. The molecule has 0 saturated carbocycles. The Balaban J connectivity index is 1.87. The number of hydrogen-bond donors (Lipinski definition) is 4. The Morgan fingerprint density at radius 3 is 2.47 bits per heavy atom. The number of phenols is 1. The zero-order valence-electron chi connectivity index (χ0n) is 17.6. The molecule has 32 heavy (non-hydrogen) atoms. The third-order valence-electron chi connectivity index (χ3n) is 4.81. The first kappa shape index (κ1) is 23.0. The molecule has 0 atom stereocenters. The van der Waals surface area contributed by atoms with Gasteiger partial charge in [-0.25, -0.2) is 5.21 Å². The lowest BCUT2D eigenvalue weighted by atomic mass is 9.98. The van der Waals surface area contributed by atoms with Crippen molar-refractivity contribution >= 4 is 5.91 Å². The Morgan fingerprint density at radius 2 is 1.84 bits per heavy atom. The Labute approximate surface area is 183 Å². The highest BCUT2D eigenvalue weighted by atomic mass is 19.4. The summed E-state index contributed by atoms with van der Waals surface area (Å²) in [5, 5.41) is 21.7. The normalized spacial score (nSPS) is 11.3. The van der Waals surface area contributed by atoms with Gasteiger partial charge in [-0.2, -0.15) is 13.2 Å². The van der Waals surface area contributed by atoms with Gasteiger partial charge >= 0.3 is 6.18 Å². The van der Waals surface area contributed by atoms with Crippen LogP contribution in [0.3, 0.4) is 0 Å². The number of carbonyl (C=O) groups is 1. The number of H-pyrrole nitrogens is 2. The zero-order chi connectivity index (χ0) is 23.3. The average Bonchev–Trinajstić information content (AvgIpc) is 2.69. The largest absolute Gasteiger partial charge is 0.508 e. The molecule has 2 aromatic carbocycles. The van der Waals surface area contributed by atoms with Crippen LogP contribution in [0.2, 0.25) is 0 Å². The van der Waals surface area contributed by atoms with E-state index in [1.807, 2.05) is 19.9 Å². The number of nitrogens with one attached hydrogen (secondary N) is 3. The first-order chi connectivity index (χ1) is 15.1. The summed E-state index contributed by atoms with van der Waals surface area (Å²) < 4.78 is 39.9. The quantitative estimate of drug-likeness (QED) is 0.339. The van der Waals surface area contributed by atoms with Crippen molar-refractivity contribution < 1.29 is 23.1 Å². The van der Waals surface area contributed by atoms with Gasteiger partial charge in [0.15, 0.2) is 5.82 Å². The lowest BCUT2D eigenvalue weighted by Gasteiger charge is -2.11. The molecule has 4 N–H and O–H groups in total. The fourth-order valence-electron chi connectivity index (χ4n) is 3.02. The molecule has 0 unspecified atom stereocenters. The number of benzene rings is 2. The van der Waals surface area contributed by atoms with E-state index in [4.69, 9.17) is 0 Å². The van der Waals surface area contributed by atoms with Crippen molar-refractivity contribution in [1.29, 1.82) is 0 Å². The molecule has 9 heteroatoms. The van der Waals surface area contributed by atoms with E-state index in [0.717, 1.165) is 17.2 Å². The molecule has 3 rings (SSSR count). The molecule has 168 valence electrons. The molecule has 0 aliphatic carbocycles. The Hall–Kier alpha value is -3.67. The van der Waals surface area contributed by atoms with Gasteiger partial charge in [0.2, 0.25) is 5.91 Å². The van der Waals surface area contributed by atoms with Crippen molar-refractivity contribution in [3.63, 3.8) is 0 Å². The summed E-state index contributed by atoms with van der Waals surface area (Å²) in [4.78, 5) is 11.7. The Bertz CT molecular complexity index is 1140. The number of hydrogen-bond acceptors (Lipinski definition) is 3. The number of aromatic amines is 2. The fourth-order valence-corrected chi connectivity index (χ4v) is 3.02. The van der Waals surface area contributed by atoms with Crippen molar-refractivity contribution in [2.75, 3.05) is 6.54 Å². The molecule has 1 heterocycles. The van der Waals surface area contributed by atoms with Crippen LogP contribution in [0.5, 0.6) is 5.75 Å². The third kappa shape index (κ3) is 5.72. The lowest BCUT2D eigenvalue weighted by Crippen LogP contribution is -2.28. The predicted molar refractivity (Wildman–Crippen MR) is 114 cm³/mol. The summed E-state index contributed by atoms with van der Waals surface area (Å²) in [6.45, 7) is 4.10. The predicted octanol–water partition coefficient (Wildman–Crippen LogP) is 4.23. The van der Waals surface area contributed by atoms with Crippen molar-refractivity contribution in [1.82, 2.24) is 20.7 Å². The van der Waals surface area contributed by atoms with Crippen LogP contribution in [0.15, 0.2) is 36.4 Å². The van der Waals surface area contributed by atoms with Gasteiger partial charge in [0.05, 0.1) is 5.56 Å². The number of amides is 1. The number of aromatic hydroxyl groups is 1. The molecule has 0 spiro atoms. The molecule has 0 aliphatic heterocycles.